The van der Waals surface area contributed by atoms with Crippen molar-refractivity contribution in [2.75, 3.05) is 20.7 Å². The Kier molecular flexibility index (Phi) is 5.59. The van der Waals surface area contributed by atoms with Crippen molar-refractivity contribution in [2.45, 2.75) is 44.3 Å². The molecule has 1 aliphatic rings. The molecule has 0 radical (unpaired) electrons. The van der Waals surface area contributed by atoms with Crippen LogP contribution in [0, 0.1) is 5.92 Å². The molecule has 0 bridgehead atoms. The first-order valence-corrected chi connectivity index (χ1v) is 7.93. The molecular formula is C12H23NO4S. The zero-order chi connectivity index (χ0) is 13.8. The summed E-state index contributed by atoms with van der Waals surface area (Å²) >= 11 is 0. The van der Waals surface area contributed by atoms with Crippen molar-refractivity contribution in [1.29, 1.82) is 0 Å². The molecule has 1 rings (SSSR count). The van der Waals surface area contributed by atoms with Crippen molar-refractivity contribution >= 4 is 16.0 Å². The highest BCUT2D eigenvalue weighted by Crippen LogP contribution is 2.25. The summed E-state index contributed by atoms with van der Waals surface area (Å²) in [4.78, 5) is 11.3. The fourth-order valence-electron chi connectivity index (χ4n) is 2.38. The van der Waals surface area contributed by atoms with E-state index in [0.29, 0.717) is 0 Å². The maximum atomic E-state index is 12.3. The van der Waals surface area contributed by atoms with Crippen LogP contribution in [0.4, 0.5) is 0 Å². The van der Waals surface area contributed by atoms with Gasteiger partial charge in [-0.15, -0.1) is 0 Å². The van der Waals surface area contributed by atoms with Gasteiger partial charge in [0, 0.05) is 13.6 Å². The van der Waals surface area contributed by atoms with Gasteiger partial charge in [-0.3, -0.25) is 4.79 Å². The average Bonchev–Trinajstić information content (AvgIpc) is 2.38. The van der Waals surface area contributed by atoms with Crippen molar-refractivity contribution in [1.82, 2.24) is 4.31 Å². The maximum absolute atomic E-state index is 12.3. The number of methoxy groups -OCH3 is 1. The molecule has 0 aromatic heterocycles. The first-order chi connectivity index (χ1) is 8.39. The van der Waals surface area contributed by atoms with Gasteiger partial charge in [0.1, 0.15) is 0 Å². The zero-order valence-electron chi connectivity index (χ0n) is 11.4. The molecule has 1 unspecified atom stereocenters. The van der Waals surface area contributed by atoms with Gasteiger partial charge < -0.3 is 4.74 Å². The summed E-state index contributed by atoms with van der Waals surface area (Å²) in [5.41, 5.74) is 0. The summed E-state index contributed by atoms with van der Waals surface area (Å²) in [7, 11) is -0.414. The van der Waals surface area contributed by atoms with Gasteiger partial charge in [0.05, 0.1) is 18.3 Å². The van der Waals surface area contributed by atoms with E-state index >= 15 is 0 Å². The summed E-state index contributed by atoms with van der Waals surface area (Å²) in [5, 5.41) is -0.277. The van der Waals surface area contributed by atoms with E-state index in [0.717, 1.165) is 32.1 Å². The molecule has 0 aliphatic heterocycles. The Morgan fingerprint density at radius 1 is 1.33 bits per heavy atom. The summed E-state index contributed by atoms with van der Waals surface area (Å²) in [6, 6.07) is 0. The van der Waals surface area contributed by atoms with Gasteiger partial charge in [-0.05, 0) is 12.8 Å². The molecule has 1 fully saturated rings. The van der Waals surface area contributed by atoms with Crippen LogP contribution in [-0.4, -0.2) is 44.6 Å². The zero-order valence-corrected chi connectivity index (χ0v) is 12.2. The third-order valence-electron chi connectivity index (χ3n) is 3.54. The Bertz CT molecular complexity index is 374. The molecule has 0 amide bonds. The smallest absolute Gasteiger partial charge is 0.309 e. The van der Waals surface area contributed by atoms with Gasteiger partial charge in [-0.25, -0.2) is 12.7 Å². The van der Waals surface area contributed by atoms with E-state index in [1.54, 1.807) is 14.0 Å². The lowest BCUT2D eigenvalue weighted by Gasteiger charge is -2.28. The molecule has 18 heavy (non-hydrogen) atoms. The van der Waals surface area contributed by atoms with E-state index in [2.05, 4.69) is 4.74 Å². The highest BCUT2D eigenvalue weighted by atomic mass is 32.2. The number of nitrogens with zero attached hydrogens (tertiary/aromatic N) is 1. The fourth-order valence-corrected chi connectivity index (χ4v) is 4.25. The number of carbonyl (C=O) groups excluding carboxylic acids is 1. The average molecular weight is 277 g/mol. The lowest BCUT2D eigenvalue weighted by Crippen LogP contribution is -2.40. The number of hydrogen-bond acceptors (Lipinski definition) is 4. The number of esters is 1. The molecule has 0 aromatic carbocycles. The molecular weight excluding hydrogens is 254 g/mol. The predicted molar refractivity (Wildman–Crippen MR) is 69.6 cm³/mol. The minimum Gasteiger partial charge on any atom is -0.469 e. The van der Waals surface area contributed by atoms with E-state index in [9.17, 15) is 13.2 Å². The summed E-state index contributed by atoms with van der Waals surface area (Å²) < 4.78 is 30.5. The predicted octanol–water partition coefficient (Wildman–Crippen LogP) is 1.39. The van der Waals surface area contributed by atoms with Crippen LogP contribution in [0.15, 0.2) is 0 Å². The molecule has 0 heterocycles. The Hall–Kier alpha value is -0.620. The Labute approximate surface area is 110 Å². The monoisotopic (exact) mass is 277 g/mol. The largest absolute Gasteiger partial charge is 0.469 e. The van der Waals surface area contributed by atoms with Crippen LogP contribution in [0.3, 0.4) is 0 Å². The minimum atomic E-state index is -3.27. The number of carbonyl (C=O) groups is 1. The van der Waals surface area contributed by atoms with Crippen LogP contribution >= 0.6 is 0 Å². The van der Waals surface area contributed by atoms with Crippen LogP contribution in [0.2, 0.25) is 0 Å². The van der Waals surface area contributed by atoms with Gasteiger partial charge in [0.25, 0.3) is 0 Å². The third-order valence-corrected chi connectivity index (χ3v) is 5.87. The number of hydrogen-bond donors (Lipinski definition) is 0. The summed E-state index contributed by atoms with van der Waals surface area (Å²) in [5.74, 6) is -0.806. The molecule has 0 N–H and O–H groups in total. The second kappa shape index (κ2) is 6.52. The van der Waals surface area contributed by atoms with E-state index in [4.69, 9.17) is 0 Å². The van der Waals surface area contributed by atoms with Crippen LogP contribution < -0.4 is 0 Å². The van der Waals surface area contributed by atoms with Crippen LogP contribution in [0.1, 0.15) is 39.0 Å². The van der Waals surface area contributed by atoms with Crippen molar-refractivity contribution in [3.63, 3.8) is 0 Å². The van der Waals surface area contributed by atoms with Crippen molar-refractivity contribution in [3.8, 4) is 0 Å². The van der Waals surface area contributed by atoms with E-state index in [-0.39, 0.29) is 17.8 Å². The normalized spacial score (nSPS) is 19.8. The molecule has 0 aromatic rings. The van der Waals surface area contributed by atoms with E-state index in [1.807, 2.05) is 0 Å². The van der Waals surface area contributed by atoms with E-state index in [1.165, 1.54) is 11.4 Å². The van der Waals surface area contributed by atoms with Crippen molar-refractivity contribution in [3.05, 3.63) is 0 Å². The maximum Gasteiger partial charge on any atom is 0.309 e. The van der Waals surface area contributed by atoms with Crippen LogP contribution in [0.25, 0.3) is 0 Å². The molecule has 1 atom stereocenters. The topological polar surface area (TPSA) is 63.7 Å². The highest BCUT2D eigenvalue weighted by molar-refractivity contribution is 7.89. The van der Waals surface area contributed by atoms with Crippen molar-refractivity contribution in [2.24, 2.45) is 5.92 Å². The van der Waals surface area contributed by atoms with Gasteiger partial charge in [-0.1, -0.05) is 26.2 Å². The Morgan fingerprint density at radius 2 is 1.89 bits per heavy atom. The molecule has 0 spiro atoms. The second-order valence-corrected chi connectivity index (χ2v) is 7.33. The summed E-state index contributed by atoms with van der Waals surface area (Å²) in [6.45, 7) is 1.87. The molecule has 0 saturated heterocycles. The lowest BCUT2D eigenvalue weighted by atomic mass is 10.0. The number of rotatable bonds is 5. The van der Waals surface area contributed by atoms with Gasteiger partial charge in [0.2, 0.25) is 10.0 Å². The first kappa shape index (κ1) is 15.4. The van der Waals surface area contributed by atoms with Gasteiger partial charge in [-0.2, -0.15) is 0 Å². The van der Waals surface area contributed by atoms with Crippen molar-refractivity contribution < 1.29 is 17.9 Å². The minimum absolute atomic E-state index is 0.186. The first-order valence-electron chi connectivity index (χ1n) is 6.42. The standard InChI is InChI=1S/C12H23NO4S/c1-10(12(14)17-3)9-13(2)18(15,16)11-7-5-4-6-8-11/h10-11H,4-9H2,1-3H3. The highest BCUT2D eigenvalue weighted by Gasteiger charge is 2.32. The SMILES string of the molecule is COC(=O)C(C)CN(C)S(=O)(=O)C1CCCCC1. The lowest BCUT2D eigenvalue weighted by molar-refractivity contribution is -0.144. The molecule has 5 nitrogen and oxygen atoms in total. The fraction of sp³-hybridized carbons (Fsp3) is 0.917. The van der Waals surface area contributed by atoms with Crippen LogP contribution in [0.5, 0.6) is 0 Å². The number of ether oxygens (including phenoxy) is 1. The Balaban J connectivity index is 2.63. The number of sulfonamides is 1. The van der Waals surface area contributed by atoms with Crippen LogP contribution in [-0.2, 0) is 19.6 Å². The Morgan fingerprint density at radius 3 is 2.39 bits per heavy atom. The van der Waals surface area contributed by atoms with E-state index < -0.39 is 15.9 Å². The molecule has 1 saturated carbocycles. The molecule has 106 valence electrons. The van der Waals surface area contributed by atoms with Gasteiger partial charge in [0.15, 0.2) is 0 Å². The van der Waals surface area contributed by atoms with Gasteiger partial charge >= 0.3 is 5.97 Å². The molecule has 6 heteroatoms. The summed E-state index contributed by atoms with van der Waals surface area (Å²) in [6.07, 6.45) is 4.54. The quantitative estimate of drug-likeness (QED) is 0.712. The second-order valence-electron chi connectivity index (χ2n) is 5.01. The third kappa shape index (κ3) is 3.68. The molecule has 1 aliphatic carbocycles.